The second-order valence-corrected chi connectivity index (χ2v) is 17.2. The average Bonchev–Trinajstić information content (AvgIpc) is 3.70. The molecule has 0 unspecified atom stereocenters. The molecule has 2 N–H and O–H groups in total. The van der Waals surface area contributed by atoms with Crippen LogP contribution in [0, 0.1) is 0 Å². The van der Waals surface area contributed by atoms with Gasteiger partial charge in [0.15, 0.2) is 0 Å². The first-order valence-corrected chi connectivity index (χ1v) is 24.8. The molecule has 1 fully saturated rings. The fourth-order valence-electron chi connectivity index (χ4n) is 6.43. The second kappa shape index (κ2) is 48.1. The quantitative estimate of drug-likeness (QED) is 0.0341. The highest BCUT2D eigenvalue weighted by atomic mass is 16.7. The first-order chi connectivity index (χ1) is 30.0. The molecular formula is C49H96N2O11. The Bertz CT molecular complexity index is 971. The molecule has 0 aromatic carbocycles. The number of hydrogen-bond acceptors (Lipinski definition) is 13. The van der Waals surface area contributed by atoms with Crippen molar-refractivity contribution in [2.45, 2.75) is 219 Å². The van der Waals surface area contributed by atoms with Crippen LogP contribution in [-0.4, -0.2) is 131 Å². The Morgan fingerprint density at radius 1 is 0.468 bits per heavy atom. The molecule has 1 aliphatic heterocycles. The van der Waals surface area contributed by atoms with Crippen LogP contribution in [0.5, 0.6) is 0 Å². The van der Waals surface area contributed by atoms with Gasteiger partial charge in [0.05, 0.1) is 32.2 Å². The van der Waals surface area contributed by atoms with E-state index in [1.165, 1.54) is 77.0 Å². The van der Waals surface area contributed by atoms with E-state index in [-0.39, 0.29) is 36.6 Å². The minimum atomic E-state index is -0.514. The topological polar surface area (TPSA) is 161 Å². The Balaban J connectivity index is 0. The molecule has 0 amide bonds. The molecule has 62 heavy (non-hydrogen) atoms. The number of nitrogens with zero attached hydrogens (tertiary/aromatic N) is 2. The van der Waals surface area contributed by atoms with Gasteiger partial charge in [0, 0.05) is 45.6 Å². The summed E-state index contributed by atoms with van der Waals surface area (Å²) >= 11 is 0. The van der Waals surface area contributed by atoms with Crippen molar-refractivity contribution in [3.63, 3.8) is 0 Å². The summed E-state index contributed by atoms with van der Waals surface area (Å²) < 4.78 is 26.4. The van der Waals surface area contributed by atoms with Crippen molar-refractivity contribution in [2.24, 2.45) is 0 Å². The lowest BCUT2D eigenvalue weighted by molar-refractivity contribution is -0.180. The number of aliphatic hydroxyl groups is 2. The summed E-state index contributed by atoms with van der Waals surface area (Å²) in [6.07, 6.45) is 30.0. The average molecular weight is 889 g/mol. The maximum atomic E-state index is 11.6. The predicted molar refractivity (Wildman–Crippen MR) is 249 cm³/mol. The summed E-state index contributed by atoms with van der Waals surface area (Å²) in [5, 5.41) is 17.3. The van der Waals surface area contributed by atoms with E-state index >= 15 is 0 Å². The maximum Gasteiger partial charge on any atom is 0.309 e. The Labute approximate surface area is 379 Å². The number of hydrogen-bond donors (Lipinski definition) is 2. The van der Waals surface area contributed by atoms with Gasteiger partial charge in [-0.1, -0.05) is 129 Å². The molecule has 1 rings (SSSR count). The van der Waals surface area contributed by atoms with Gasteiger partial charge in [-0.2, -0.15) is 0 Å². The predicted octanol–water partition coefficient (Wildman–Crippen LogP) is 9.71. The van der Waals surface area contributed by atoms with Crippen LogP contribution in [0.15, 0.2) is 0 Å². The van der Waals surface area contributed by atoms with Gasteiger partial charge in [-0.25, -0.2) is 0 Å². The number of rotatable bonds is 39. The molecule has 0 aromatic rings. The monoisotopic (exact) mass is 889 g/mol. The molecule has 0 radical (unpaired) electrons. The highest BCUT2D eigenvalue weighted by Crippen LogP contribution is 2.21. The van der Waals surface area contributed by atoms with Gasteiger partial charge in [-0.3, -0.25) is 19.2 Å². The summed E-state index contributed by atoms with van der Waals surface area (Å²) in [6.45, 7) is 7.73. The van der Waals surface area contributed by atoms with Crippen LogP contribution in [0.3, 0.4) is 0 Å². The first-order valence-electron chi connectivity index (χ1n) is 24.8. The van der Waals surface area contributed by atoms with Gasteiger partial charge in [0.25, 0.3) is 0 Å². The number of carbonyl (C=O) groups excluding carboxylic acids is 4. The smallest absolute Gasteiger partial charge is 0.309 e. The zero-order valence-corrected chi connectivity index (χ0v) is 40.8. The van der Waals surface area contributed by atoms with Crippen molar-refractivity contribution in [3.8, 4) is 0 Å². The summed E-state index contributed by atoms with van der Waals surface area (Å²) in [5.74, 6) is -0.542. The molecule has 0 saturated carbocycles. The van der Waals surface area contributed by atoms with Crippen molar-refractivity contribution >= 4 is 23.9 Å². The van der Waals surface area contributed by atoms with E-state index in [4.69, 9.17) is 33.9 Å². The maximum absolute atomic E-state index is 11.6. The minimum Gasteiger partial charge on any atom is -0.466 e. The van der Waals surface area contributed by atoms with E-state index in [0.29, 0.717) is 71.6 Å². The van der Waals surface area contributed by atoms with Crippen LogP contribution in [0.2, 0.25) is 0 Å². The summed E-state index contributed by atoms with van der Waals surface area (Å²) in [6, 6.07) is 0. The van der Waals surface area contributed by atoms with Crippen molar-refractivity contribution in [3.05, 3.63) is 0 Å². The molecule has 1 saturated heterocycles. The molecular weight excluding hydrogens is 793 g/mol. The van der Waals surface area contributed by atoms with Crippen LogP contribution in [0.4, 0.5) is 0 Å². The van der Waals surface area contributed by atoms with Crippen molar-refractivity contribution < 1.29 is 53.1 Å². The van der Waals surface area contributed by atoms with Crippen LogP contribution in [0.25, 0.3) is 0 Å². The third-order valence-electron chi connectivity index (χ3n) is 10.4. The van der Waals surface area contributed by atoms with Crippen LogP contribution in [0.1, 0.15) is 206 Å². The first kappa shape index (κ1) is 61.8. The third kappa shape index (κ3) is 48.7. The van der Waals surface area contributed by atoms with Gasteiger partial charge in [-0.15, -0.1) is 0 Å². The lowest BCUT2D eigenvalue weighted by atomic mass is 10.1. The van der Waals surface area contributed by atoms with Gasteiger partial charge in [0.2, 0.25) is 6.29 Å². The SMILES string of the molecule is CCCCCCCC(=O)OCCCCCCCCCO.CCCCCCCC(=O)OCCCCCCCCCO.CN(C)CCC(=O)OC[C@@H]1CC[C@H](OC(=O)CCN(C)C)O1. The largest absolute Gasteiger partial charge is 0.466 e. The highest BCUT2D eigenvalue weighted by molar-refractivity contribution is 5.70. The fourth-order valence-corrected chi connectivity index (χ4v) is 6.43. The molecule has 1 aliphatic rings. The summed E-state index contributed by atoms with van der Waals surface area (Å²) in [4.78, 5) is 49.8. The number of ether oxygens (including phenoxy) is 5. The summed E-state index contributed by atoms with van der Waals surface area (Å²) in [5.41, 5.74) is 0. The van der Waals surface area contributed by atoms with Crippen molar-refractivity contribution in [1.29, 1.82) is 0 Å². The lowest BCUT2D eigenvalue weighted by Crippen LogP contribution is -2.25. The van der Waals surface area contributed by atoms with Crippen LogP contribution >= 0.6 is 0 Å². The normalized spacial score (nSPS) is 14.5. The van der Waals surface area contributed by atoms with E-state index in [1.807, 2.05) is 38.0 Å². The Morgan fingerprint density at radius 2 is 0.839 bits per heavy atom. The van der Waals surface area contributed by atoms with E-state index < -0.39 is 6.29 Å². The van der Waals surface area contributed by atoms with E-state index in [9.17, 15) is 19.2 Å². The molecule has 0 aromatic heterocycles. The lowest BCUT2D eigenvalue weighted by Gasteiger charge is -2.16. The Morgan fingerprint density at radius 3 is 1.26 bits per heavy atom. The molecule has 0 aliphatic carbocycles. The molecule has 1 heterocycles. The molecule has 368 valence electrons. The third-order valence-corrected chi connectivity index (χ3v) is 10.4. The molecule has 2 atom stereocenters. The Kier molecular flexibility index (Phi) is 48.0. The fraction of sp³-hybridized carbons (Fsp3) is 0.918. The molecule has 0 bridgehead atoms. The van der Waals surface area contributed by atoms with Gasteiger partial charge in [-0.05, 0) is 73.1 Å². The standard InChI is InChI=1S/2C17H34O3.C15H28N2O5/c2*1-2-3-4-8-11-14-17(19)20-16-13-10-7-5-6-9-12-15-18;1-16(2)9-7-13(18)20-11-12-5-6-15(21-12)22-14(19)8-10-17(3)4/h2*18H,2-16H2,1H3;12,15H,5-11H2,1-4H3/t;;12-,15-/m..0/s1. The number of carbonyl (C=O) groups is 4. The van der Waals surface area contributed by atoms with Gasteiger partial charge >= 0.3 is 23.9 Å². The van der Waals surface area contributed by atoms with E-state index in [0.717, 1.165) is 83.5 Å². The zero-order chi connectivity index (χ0) is 46.3. The Hall–Kier alpha value is -2.32. The molecule has 13 heteroatoms. The second-order valence-electron chi connectivity index (χ2n) is 17.2. The van der Waals surface area contributed by atoms with E-state index in [2.05, 4.69) is 13.8 Å². The molecule has 13 nitrogen and oxygen atoms in total. The van der Waals surface area contributed by atoms with Crippen molar-refractivity contribution in [2.75, 3.05) is 74.3 Å². The minimum absolute atomic E-state index is 0.0237. The zero-order valence-electron chi connectivity index (χ0n) is 40.8. The van der Waals surface area contributed by atoms with E-state index in [1.54, 1.807) is 0 Å². The highest BCUT2D eigenvalue weighted by Gasteiger charge is 2.29. The molecule has 0 spiro atoms. The number of esters is 4. The van der Waals surface area contributed by atoms with Crippen LogP contribution < -0.4 is 0 Å². The number of unbranched alkanes of at least 4 members (excludes halogenated alkanes) is 20. The summed E-state index contributed by atoms with van der Waals surface area (Å²) in [7, 11) is 7.62. The van der Waals surface area contributed by atoms with Crippen LogP contribution in [-0.2, 0) is 42.9 Å². The van der Waals surface area contributed by atoms with Gasteiger partial charge < -0.3 is 43.7 Å². The van der Waals surface area contributed by atoms with Gasteiger partial charge in [0.1, 0.15) is 6.61 Å². The number of aliphatic hydroxyl groups excluding tert-OH is 2. The van der Waals surface area contributed by atoms with Crippen molar-refractivity contribution in [1.82, 2.24) is 9.80 Å².